The molecule has 0 rings (SSSR count). The number of phosphoric ester groups is 1. The van der Waals surface area contributed by atoms with Crippen LogP contribution < -0.4 is 5.32 Å². The fraction of sp³-hybridized carbons (Fsp3) is 0.571. The number of allylic oxidation sites excluding steroid dienone is 1. The fourth-order valence-corrected chi connectivity index (χ4v) is 1.03. The van der Waals surface area contributed by atoms with Crippen molar-refractivity contribution in [3.63, 3.8) is 0 Å². The second kappa shape index (κ2) is 5.80. The lowest BCUT2D eigenvalue weighted by atomic mass is 10.5. The van der Waals surface area contributed by atoms with Gasteiger partial charge in [0.15, 0.2) is 0 Å². The average molecular weight is 229 g/mol. The van der Waals surface area contributed by atoms with E-state index in [1.807, 2.05) is 0 Å². The van der Waals surface area contributed by atoms with Gasteiger partial charge in [-0.15, -0.1) is 0 Å². The number of rotatable bonds is 5. The fourth-order valence-electron chi connectivity index (χ4n) is 0.515. The van der Waals surface area contributed by atoms with Gasteiger partial charge in [0.05, 0.1) is 8.22 Å². The van der Waals surface area contributed by atoms with E-state index in [4.69, 9.17) is 8.22 Å². The van der Waals surface area contributed by atoms with Crippen LogP contribution in [0.15, 0.2) is 11.8 Å². The molecule has 0 aromatic rings. The molecular weight excluding hydrogens is 209 g/mol. The van der Waals surface area contributed by atoms with E-state index in [1.165, 1.54) is 7.05 Å². The van der Waals surface area contributed by atoms with Crippen molar-refractivity contribution in [3.05, 3.63) is 11.8 Å². The first-order valence-electron chi connectivity index (χ1n) is 6.37. The normalized spacial score (nSPS) is 20.6. The highest BCUT2D eigenvalue weighted by molar-refractivity contribution is 7.48. The summed E-state index contributed by atoms with van der Waals surface area (Å²) >= 11 is 0. The Balaban J connectivity index is 5.19. The second-order valence-corrected chi connectivity index (χ2v) is 3.53. The van der Waals surface area contributed by atoms with E-state index in [0.717, 1.165) is 13.0 Å². The Morgan fingerprint density at radius 1 is 1.50 bits per heavy atom. The third kappa shape index (κ3) is 4.41. The van der Waals surface area contributed by atoms with Gasteiger partial charge in [0, 0.05) is 27.2 Å². The van der Waals surface area contributed by atoms with Crippen molar-refractivity contribution in [1.82, 2.24) is 5.32 Å². The molecular formula is C7H14NO5P. The van der Waals surface area contributed by atoms with Crippen LogP contribution in [0.5, 0.6) is 0 Å². The molecule has 0 aliphatic heterocycles. The zero-order chi connectivity index (χ0) is 16.2. The monoisotopic (exact) mass is 229 g/mol. The van der Waals surface area contributed by atoms with Crippen molar-refractivity contribution in [2.45, 2.75) is 6.92 Å². The lowest BCUT2D eigenvalue weighted by Crippen LogP contribution is -2.15. The Morgan fingerprint density at radius 2 is 2.07 bits per heavy atom. The summed E-state index contributed by atoms with van der Waals surface area (Å²) in [6.45, 7) is 1.15. The van der Waals surface area contributed by atoms with Gasteiger partial charge < -0.3 is 9.84 Å². The van der Waals surface area contributed by atoms with E-state index >= 15 is 0 Å². The third-order valence-corrected chi connectivity index (χ3v) is 2.02. The molecule has 1 amide bonds. The highest BCUT2D eigenvalue weighted by Gasteiger charge is 2.24. The number of carbonyl (C=O) groups is 1. The summed E-state index contributed by atoms with van der Waals surface area (Å²) < 4.78 is 65.5. The van der Waals surface area contributed by atoms with E-state index in [0.29, 0.717) is 0 Å². The number of amides is 1. The number of phosphoric acid groups is 1. The van der Waals surface area contributed by atoms with Gasteiger partial charge in [0.25, 0.3) is 0 Å². The predicted molar refractivity (Wildman–Crippen MR) is 50.5 cm³/mol. The minimum atomic E-state index is -4.96. The van der Waals surface area contributed by atoms with E-state index in [9.17, 15) is 9.36 Å². The molecule has 0 aromatic carbocycles. The van der Waals surface area contributed by atoms with Gasteiger partial charge in [-0.3, -0.25) is 13.8 Å². The standard InChI is InChI=1S/C7H14NO5P/c1-6(5-7(9)8-2)13-14(10,11-3)12-4/h5H,1-4H3,(H,8,9)/i3D3,4D3. The van der Waals surface area contributed by atoms with Crippen LogP contribution in [0.1, 0.15) is 15.1 Å². The minimum Gasteiger partial charge on any atom is -0.409 e. The minimum absolute atomic E-state index is 0.346. The SMILES string of the molecule is [2H]C([2H])([2H])OP(=O)(OC(C)=CC(=O)NC)OC([2H])([2H])[2H]. The Labute approximate surface area is 91.3 Å². The maximum atomic E-state index is 12.0. The summed E-state index contributed by atoms with van der Waals surface area (Å²) in [6.07, 6.45) is 0.818. The van der Waals surface area contributed by atoms with Crippen molar-refractivity contribution in [2.24, 2.45) is 0 Å². The summed E-state index contributed by atoms with van der Waals surface area (Å²) in [5, 5.41) is 2.19. The molecule has 0 aliphatic carbocycles. The van der Waals surface area contributed by atoms with Crippen molar-refractivity contribution in [2.75, 3.05) is 21.1 Å². The van der Waals surface area contributed by atoms with E-state index in [-0.39, 0.29) is 5.76 Å². The maximum Gasteiger partial charge on any atom is 0.529 e. The first-order valence-corrected chi connectivity index (χ1v) is 4.83. The molecule has 7 heteroatoms. The molecule has 1 N–H and O–H groups in total. The van der Waals surface area contributed by atoms with Gasteiger partial charge in [-0.25, -0.2) is 4.57 Å². The molecule has 0 aromatic heterocycles. The van der Waals surface area contributed by atoms with Crippen LogP contribution in [-0.4, -0.2) is 27.0 Å². The molecule has 0 atom stereocenters. The van der Waals surface area contributed by atoms with Crippen LogP contribution in [0.2, 0.25) is 0 Å². The van der Waals surface area contributed by atoms with Crippen LogP contribution in [0.25, 0.3) is 0 Å². The van der Waals surface area contributed by atoms with Crippen LogP contribution in [0.3, 0.4) is 0 Å². The number of hydrogen-bond acceptors (Lipinski definition) is 5. The Bertz CT molecular complexity index is 410. The van der Waals surface area contributed by atoms with E-state index in [1.54, 1.807) is 0 Å². The van der Waals surface area contributed by atoms with Gasteiger partial charge in [0.1, 0.15) is 5.76 Å². The number of hydrogen-bond donors (Lipinski definition) is 1. The molecule has 0 saturated carbocycles. The maximum absolute atomic E-state index is 12.0. The summed E-state index contributed by atoms with van der Waals surface area (Å²) in [5.41, 5.74) is 0. The lowest BCUT2D eigenvalue weighted by molar-refractivity contribution is -0.116. The highest BCUT2D eigenvalue weighted by atomic mass is 31.2. The average Bonchev–Trinajstić information content (AvgIpc) is 2.09. The van der Waals surface area contributed by atoms with Crippen molar-refractivity contribution in [3.8, 4) is 0 Å². The molecule has 82 valence electrons. The van der Waals surface area contributed by atoms with Crippen molar-refractivity contribution >= 4 is 13.7 Å². The van der Waals surface area contributed by atoms with Crippen molar-refractivity contribution in [1.29, 1.82) is 0 Å². The van der Waals surface area contributed by atoms with E-state index < -0.39 is 27.8 Å². The summed E-state index contributed by atoms with van der Waals surface area (Å²) in [7, 11) is -10.1. The highest BCUT2D eigenvalue weighted by Crippen LogP contribution is 2.49. The molecule has 0 spiro atoms. The zero-order valence-electron chi connectivity index (χ0n) is 13.6. The third-order valence-electron chi connectivity index (χ3n) is 1.06. The predicted octanol–water partition coefficient (Wildman–Crippen LogP) is 1.05. The van der Waals surface area contributed by atoms with Gasteiger partial charge >= 0.3 is 7.82 Å². The lowest BCUT2D eigenvalue weighted by Gasteiger charge is -2.13. The second-order valence-electron chi connectivity index (χ2n) is 2.09. The molecule has 0 fully saturated rings. The first-order chi connectivity index (χ1) is 8.76. The van der Waals surface area contributed by atoms with Crippen LogP contribution in [-0.2, 0) is 22.9 Å². The van der Waals surface area contributed by atoms with Crippen molar-refractivity contribution < 1.29 is 31.2 Å². The number of carbonyl (C=O) groups excluding carboxylic acids is 1. The molecule has 0 saturated heterocycles. The van der Waals surface area contributed by atoms with E-state index in [2.05, 4.69) is 18.9 Å². The Kier molecular flexibility index (Phi) is 2.44. The molecule has 14 heavy (non-hydrogen) atoms. The van der Waals surface area contributed by atoms with Gasteiger partial charge in [-0.2, -0.15) is 0 Å². The summed E-state index contributed by atoms with van der Waals surface area (Å²) in [4.78, 5) is 11.0. The summed E-state index contributed by atoms with van der Waals surface area (Å²) in [6, 6.07) is 0. The number of likely N-dealkylation sites (N-methyl/N-ethyl adjacent to an activating group) is 1. The smallest absolute Gasteiger partial charge is 0.409 e. The molecule has 0 heterocycles. The molecule has 0 aliphatic rings. The topological polar surface area (TPSA) is 73.9 Å². The van der Waals surface area contributed by atoms with Gasteiger partial charge in [-0.1, -0.05) is 0 Å². The first kappa shape index (κ1) is 5.90. The van der Waals surface area contributed by atoms with Crippen LogP contribution >= 0.6 is 7.82 Å². The zero-order valence-corrected chi connectivity index (χ0v) is 8.46. The molecule has 6 nitrogen and oxygen atoms in total. The summed E-state index contributed by atoms with van der Waals surface area (Å²) in [5.74, 6) is -0.988. The van der Waals surface area contributed by atoms with Gasteiger partial charge in [0.2, 0.25) is 5.91 Å². The van der Waals surface area contributed by atoms with Crippen LogP contribution in [0.4, 0.5) is 0 Å². The molecule has 0 unspecified atom stereocenters. The Morgan fingerprint density at radius 3 is 2.50 bits per heavy atom. The molecule has 0 bridgehead atoms. The molecule has 0 radical (unpaired) electrons. The quantitative estimate of drug-likeness (QED) is 0.433. The largest absolute Gasteiger partial charge is 0.529 e. The van der Waals surface area contributed by atoms with Gasteiger partial charge in [-0.05, 0) is 6.92 Å². The Hall–Kier alpha value is -0.840. The van der Waals surface area contributed by atoms with Crippen LogP contribution in [0, 0.1) is 0 Å². The number of nitrogens with one attached hydrogen (secondary N) is 1.